The van der Waals surface area contributed by atoms with Crippen LogP contribution in [-0.2, 0) is 34.2 Å². The van der Waals surface area contributed by atoms with Crippen molar-refractivity contribution < 1.29 is 13.2 Å². The molecule has 3 rings (SSSR count). The quantitative estimate of drug-likeness (QED) is 0.438. The standard InChI is InChI=1S/C24H33N5O3S/c1-4-17-29-22-11-10-20(33(31,32)28(5-2)6-3)18-21(22)27-23(29)12-13-24(30)26-16-14-19-9-7-8-15-25-19/h7-11,15,18H,4-6,12-14,16-17H2,1-3H3,(H,26,30). The van der Waals surface area contributed by atoms with E-state index < -0.39 is 10.0 Å². The van der Waals surface area contributed by atoms with Crippen LogP contribution in [0.4, 0.5) is 0 Å². The smallest absolute Gasteiger partial charge is 0.243 e. The molecule has 0 fully saturated rings. The number of nitrogens with one attached hydrogen (secondary N) is 1. The summed E-state index contributed by atoms with van der Waals surface area (Å²) in [5.74, 6) is 0.759. The molecule has 8 nitrogen and oxygen atoms in total. The van der Waals surface area contributed by atoms with Gasteiger partial charge >= 0.3 is 0 Å². The van der Waals surface area contributed by atoms with Crippen molar-refractivity contribution in [3.8, 4) is 0 Å². The lowest BCUT2D eigenvalue weighted by molar-refractivity contribution is -0.121. The third-order valence-corrected chi connectivity index (χ3v) is 7.64. The summed E-state index contributed by atoms with van der Waals surface area (Å²) in [6.07, 6.45) is 4.15. The van der Waals surface area contributed by atoms with Gasteiger partial charge in [0.05, 0.1) is 15.9 Å². The van der Waals surface area contributed by atoms with E-state index in [0.29, 0.717) is 44.4 Å². The zero-order valence-electron chi connectivity index (χ0n) is 19.6. The van der Waals surface area contributed by atoms with E-state index in [1.54, 1.807) is 18.3 Å². The number of aryl methyl sites for hydroxylation is 2. The van der Waals surface area contributed by atoms with Gasteiger partial charge in [-0.1, -0.05) is 26.8 Å². The Kier molecular flexibility index (Phi) is 8.57. The predicted octanol–water partition coefficient (Wildman–Crippen LogP) is 3.16. The van der Waals surface area contributed by atoms with Crippen LogP contribution in [0.2, 0.25) is 0 Å². The van der Waals surface area contributed by atoms with E-state index in [1.807, 2.05) is 38.1 Å². The summed E-state index contributed by atoms with van der Waals surface area (Å²) in [5.41, 5.74) is 2.47. The maximum atomic E-state index is 12.9. The average molecular weight is 472 g/mol. The van der Waals surface area contributed by atoms with Gasteiger partial charge in [0.25, 0.3) is 0 Å². The number of hydrogen-bond acceptors (Lipinski definition) is 5. The van der Waals surface area contributed by atoms with E-state index >= 15 is 0 Å². The fourth-order valence-electron chi connectivity index (χ4n) is 3.89. The van der Waals surface area contributed by atoms with Gasteiger partial charge in [0.15, 0.2) is 0 Å². The molecule has 0 aliphatic carbocycles. The molecule has 0 aliphatic rings. The highest BCUT2D eigenvalue weighted by Gasteiger charge is 2.23. The first-order chi connectivity index (χ1) is 15.9. The SMILES string of the molecule is CCCn1c(CCC(=O)NCCc2ccccn2)nc2cc(S(=O)(=O)N(CC)CC)ccc21. The summed E-state index contributed by atoms with van der Waals surface area (Å²) >= 11 is 0. The number of fused-ring (bicyclic) bond motifs is 1. The first-order valence-electron chi connectivity index (χ1n) is 11.6. The Bertz CT molecular complexity index is 1170. The molecule has 0 unspecified atom stereocenters. The number of nitrogens with zero attached hydrogens (tertiary/aromatic N) is 4. The van der Waals surface area contributed by atoms with E-state index in [9.17, 15) is 13.2 Å². The molecule has 1 N–H and O–H groups in total. The molecular weight excluding hydrogens is 438 g/mol. The number of benzene rings is 1. The van der Waals surface area contributed by atoms with Crippen LogP contribution in [0.25, 0.3) is 11.0 Å². The number of rotatable bonds is 12. The summed E-state index contributed by atoms with van der Waals surface area (Å²) in [4.78, 5) is 21.6. The minimum absolute atomic E-state index is 0.0363. The van der Waals surface area contributed by atoms with Crippen molar-refractivity contribution >= 4 is 27.0 Å². The molecule has 2 aromatic heterocycles. The molecule has 2 heterocycles. The molecule has 0 bridgehead atoms. The van der Waals surface area contributed by atoms with Crippen molar-refractivity contribution in [2.24, 2.45) is 0 Å². The largest absolute Gasteiger partial charge is 0.356 e. The average Bonchev–Trinajstić information content (AvgIpc) is 3.16. The van der Waals surface area contributed by atoms with Crippen molar-refractivity contribution in [2.75, 3.05) is 19.6 Å². The number of carbonyl (C=O) groups is 1. The second kappa shape index (κ2) is 11.4. The minimum atomic E-state index is -3.55. The summed E-state index contributed by atoms with van der Waals surface area (Å²) in [5, 5.41) is 2.94. The van der Waals surface area contributed by atoms with Crippen LogP contribution in [0, 0.1) is 0 Å². The normalized spacial score (nSPS) is 11.9. The highest BCUT2D eigenvalue weighted by molar-refractivity contribution is 7.89. The first-order valence-corrected chi connectivity index (χ1v) is 13.0. The van der Waals surface area contributed by atoms with Gasteiger partial charge in [-0.3, -0.25) is 9.78 Å². The second-order valence-electron chi connectivity index (χ2n) is 7.84. The zero-order valence-corrected chi connectivity index (χ0v) is 20.4. The molecule has 178 valence electrons. The Morgan fingerprint density at radius 2 is 1.88 bits per heavy atom. The fraction of sp³-hybridized carbons (Fsp3) is 0.458. The van der Waals surface area contributed by atoms with Crippen LogP contribution >= 0.6 is 0 Å². The first kappa shape index (κ1) is 24.9. The highest BCUT2D eigenvalue weighted by atomic mass is 32.2. The van der Waals surface area contributed by atoms with Gasteiger partial charge in [-0.05, 0) is 36.8 Å². The Balaban J connectivity index is 1.72. The lowest BCUT2D eigenvalue weighted by Crippen LogP contribution is -2.30. The Labute approximate surface area is 196 Å². The molecule has 0 atom stereocenters. The predicted molar refractivity (Wildman–Crippen MR) is 129 cm³/mol. The van der Waals surface area contributed by atoms with Gasteiger partial charge < -0.3 is 9.88 Å². The topological polar surface area (TPSA) is 97.2 Å². The molecule has 33 heavy (non-hydrogen) atoms. The molecule has 0 spiro atoms. The van der Waals surface area contributed by atoms with Gasteiger partial charge in [0, 0.05) is 57.3 Å². The molecule has 1 amide bonds. The van der Waals surface area contributed by atoms with Gasteiger partial charge in [-0.15, -0.1) is 0 Å². The van der Waals surface area contributed by atoms with E-state index in [0.717, 1.165) is 30.0 Å². The van der Waals surface area contributed by atoms with Gasteiger partial charge in [0.2, 0.25) is 15.9 Å². The molecule has 0 saturated heterocycles. The Hall–Kier alpha value is -2.78. The van der Waals surface area contributed by atoms with Crippen LogP contribution in [0.15, 0.2) is 47.5 Å². The molecule has 0 aliphatic heterocycles. The van der Waals surface area contributed by atoms with E-state index in [-0.39, 0.29) is 10.8 Å². The molecular formula is C24H33N5O3S. The number of amides is 1. The lowest BCUT2D eigenvalue weighted by Gasteiger charge is -2.18. The van der Waals surface area contributed by atoms with Crippen molar-refractivity contribution in [3.05, 3.63) is 54.1 Å². The van der Waals surface area contributed by atoms with E-state index in [4.69, 9.17) is 4.98 Å². The maximum Gasteiger partial charge on any atom is 0.243 e. The number of pyridine rings is 1. The van der Waals surface area contributed by atoms with Gasteiger partial charge in [0.1, 0.15) is 5.82 Å². The third kappa shape index (κ3) is 5.97. The summed E-state index contributed by atoms with van der Waals surface area (Å²) in [7, 11) is -3.55. The van der Waals surface area contributed by atoms with Crippen LogP contribution in [-0.4, -0.2) is 52.8 Å². The maximum absolute atomic E-state index is 12.9. The van der Waals surface area contributed by atoms with E-state index in [1.165, 1.54) is 4.31 Å². The molecule has 1 aromatic carbocycles. The molecule has 0 radical (unpaired) electrons. The van der Waals surface area contributed by atoms with Crippen molar-refractivity contribution in [1.82, 2.24) is 24.2 Å². The van der Waals surface area contributed by atoms with Crippen LogP contribution in [0.5, 0.6) is 0 Å². The highest BCUT2D eigenvalue weighted by Crippen LogP contribution is 2.24. The zero-order chi connectivity index (χ0) is 23.8. The van der Waals surface area contributed by atoms with Crippen molar-refractivity contribution in [3.63, 3.8) is 0 Å². The molecule has 0 saturated carbocycles. The summed E-state index contributed by atoms with van der Waals surface area (Å²) < 4.78 is 29.3. The van der Waals surface area contributed by atoms with Crippen molar-refractivity contribution in [1.29, 1.82) is 0 Å². The fourth-order valence-corrected chi connectivity index (χ4v) is 5.36. The second-order valence-corrected chi connectivity index (χ2v) is 9.78. The summed E-state index contributed by atoms with van der Waals surface area (Å²) in [6, 6.07) is 10.9. The number of sulfonamides is 1. The molecule has 9 heteroatoms. The monoisotopic (exact) mass is 471 g/mol. The summed E-state index contributed by atoms with van der Waals surface area (Å²) in [6.45, 7) is 7.87. The number of hydrogen-bond donors (Lipinski definition) is 1. The third-order valence-electron chi connectivity index (χ3n) is 5.59. The number of aromatic nitrogens is 3. The van der Waals surface area contributed by atoms with Crippen LogP contribution in [0.1, 0.15) is 45.1 Å². The lowest BCUT2D eigenvalue weighted by atomic mass is 10.2. The Morgan fingerprint density at radius 3 is 2.55 bits per heavy atom. The Morgan fingerprint density at radius 1 is 1.09 bits per heavy atom. The minimum Gasteiger partial charge on any atom is -0.356 e. The van der Waals surface area contributed by atoms with Crippen molar-refractivity contribution in [2.45, 2.75) is 57.9 Å². The molecule has 3 aromatic rings. The van der Waals surface area contributed by atoms with Crippen LogP contribution < -0.4 is 5.32 Å². The van der Waals surface area contributed by atoms with Crippen LogP contribution in [0.3, 0.4) is 0 Å². The number of imidazole rings is 1. The van der Waals surface area contributed by atoms with Gasteiger partial charge in [-0.25, -0.2) is 13.4 Å². The van der Waals surface area contributed by atoms with Gasteiger partial charge in [-0.2, -0.15) is 4.31 Å². The number of carbonyl (C=O) groups excluding carboxylic acids is 1. The van der Waals surface area contributed by atoms with E-state index in [2.05, 4.69) is 21.8 Å².